The number of nitrogens with zero attached hydrogens (tertiary/aromatic N) is 5. The van der Waals surface area contributed by atoms with Crippen LogP contribution in [0.3, 0.4) is 0 Å². The summed E-state index contributed by atoms with van der Waals surface area (Å²) in [6, 6.07) is 6.47. The quantitative estimate of drug-likeness (QED) is 0.423. The van der Waals surface area contributed by atoms with Crippen molar-refractivity contribution in [3.8, 4) is 17.0 Å². The molecular weight excluding hydrogens is 442 g/mol. The molecule has 0 aromatic carbocycles. The molecule has 1 amide bonds. The Morgan fingerprint density at radius 3 is 2.89 bits per heavy atom. The van der Waals surface area contributed by atoms with Gasteiger partial charge in [-0.1, -0.05) is 13.8 Å². The number of hydrogen-bond acceptors (Lipinski definition) is 6. The third-order valence-corrected chi connectivity index (χ3v) is 6.80. The summed E-state index contributed by atoms with van der Waals surface area (Å²) in [6.45, 7) is 4.80. The van der Waals surface area contributed by atoms with Gasteiger partial charge in [-0.2, -0.15) is 5.10 Å². The molecule has 4 aromatic heterocycles. The first kappa shape index (κ1) is 23.3. The highest BCUT2D eigenvalue weighted by Gasteiger charge is 2.29. The summed E-state index contributed by atoms with van der Waals surface area (Å²) in [7, 11) is 5.47. The van der Waals surface area contributed by atoms with Crippen LogP contribution in [0, 0.1) is 0 Å². The number of methoxy groups -OCH3 is 1. The Labute approximate surface area is 204 Å². The molecule has 0 aliphatic heterocycles. The summed E-state index contributed by atoms with van der Waals surface area (Å²) in [5.74, 6) is 1.37. The fraction of sp³-hybridized carbons (Fsp3) is 0.462. The molecule has 1 fully saturated rings. The second-order valence-electron chi connectivity index (χ2n) is 10.0. The Morgan fingerprint density at radius 1 is 1.31 bits per heavy atom. The minimum absolute atomic E-state index is 0.0845. The van der Waals surface area contributed by atoms with Gasteiger partial charge in [-0.15, -0.1) is 0 Å². The number of likely N-dealkylation sites (N-methyl/N-ethyl adjacent to an activating group) is 1. The van der Waals surface area contributed by atoms with E-state index in [4.69, 9.17) is 9.72 Å². The lowest BCUT2D eigenvalue weighted by atomic mass is 9.97. The predicted molar refractivity (Wildman–Crippen MR) is 136 cm³/mol. The number of aromatic amines is 1. The smallest absolute Gasteiger partial charge is 0.234 e. The van der Waals surface area contributed by atoms with Gasteiger partial charge in [0, 0.05) is 35.0 Å². The molecule has 0 spiro atoms. The number of amides is 1. The average molecular weight is 476 g/mol. The molecule has 0 radical (unpaired) electrons. The number of fused-ring (bicyclic) bond motifs is 2. The van der Waals surface area contributed by atoms with Gasteiger partial charge in [0.1, 0.15) is 6.33 Å². The van der Waals surface area contributed by atoms with E-state index in [0.29, 0.717) is 23.9 Å². The number of carbonyl (C=O) groups is 1. The van der Waals surface area contributed by atoms with E-state index < -0.39 is 0 Å². The van der Waals surface area contributed by atoms with Crippen LogP contribution in [-0.2, 0) is 4.79 Å². The highest BCUT2D eigenvalue weighted by atomic mass is 16.5. The van der Waals surface area contributed by atoms with Crippen LogP contribution >= 0.6 is 0 Å². The van der Waals surface area contributed by atoms with E-state index in [9.17, 15) is 4.79 Å². The van der Waals surface area contributed by atoms with Crippen LogP contribution in [0.5, 0.6) is 5.75 Å². The molecular formula is C26H33N7O2. The van der Waals surface area contributed by atoms with Crippen LogP contribution in [0.2, 0.25) is 0 Å². The topological polar surface area (TPSA) is 100 Å². The number of rotatable bonds is 7. The molecule has 2 atom stereocenters. The Kier molecular flexibility index (Phi) is 6.19. The fourth-order valence-corrected chi connectivity index (χ4v) is 5.24. The molecule has 4 heterocycles. The van der Waals surface area contributed by atoms with Crippen molar-refractivity contribution in [2.24, 2.45) is 0 Å². The van der Waals surface area contributed by atoms with Crippen molar-refractivity contribution in [1.29, 1.82) is 0 Å². The first-order chi connectivity index (χ1) is 16.8. The van der Waals surface area contributed by atoms with Gasteiger partial charge in [0.2, 0.25) is 5.91 Å². The zero-order chi connectivity index (χ0) is 24.7. The molecule has 1 aliphatic carbocycles. The zero-order valence-electron chi connectivity index (χ0n) is 21.0. The van der Waals surface area contributed by atoms with Gasteiger partial charge in [-0.3, -0.25) is 9.78 Å². The van der Waals surface area contributed by atoms with Crippen molar-refractivity contribution >= 4 is 22.6 Å². The third-order valence-electron chi connectivity index (χ3n) is 6.80. The third kappa shape index (κ3) is 4.48. The lowest BCUT2D eigenvalue weighted by molar-refractivity contribution is -0.122. The van der Waals surface area contributed by atoms with Gasteiger partial charge in [-0.05, 0) is 57.5 Å². The summed E-state index contributed by atoms with van der Waals surface area (Å²) in [5, 5.41) is 7.50. The number of pyridine rings is 2. The van der Waals surface area contributed by atoms with Gasteiger partial charge in [0.05, 0.1) is 30.4 Å². The maximum absolute atomic E-state index is 12.2. The molecule has 9 nitrogen and oxygen atoms in total. The molecule has 9 heteroatoms. The SMILES string of the molecule is COc1cc(-c2[nH]c3ccc(C4CCC(NC(=O)CN(C)C)C4)nc3c2C(C)C)cn2ncnc12. The molecule has 1 aliphatic rings. The Morgan fingerprint density at radius 2 is 2.14 bits per heavy atom. The summed E-state index contributed by atoms with van der Waals surface area (Å²) < 4.78 is 7.32. The second kappa shape index (κ2) is 9.30. The Bertz CT molecular complexity index is 1370. The van der Waals surface area contributed by atoms with Gasteiger partial charge in [0.25, 0.3) is 0 Å². The van der Waals surface area contributed by atoms with Gasteiger partial charge in [0.15, 0.2) is 11.4 Å². The van der Waals surface area contributed by atoms with E-state index in [1.54, 1.807) is 11.6 Å². The molecule has 5 rings (SSSR count). The van der Waals surface area contributed by atoms with Crippen LogP contribution in [0.4, 0.5) is 0 Å². The maximum Gasteiger partial charge on any atom is 0.234 e. The van der Waals surface area contributed by atoms with E-state index in [2.05, 4.69) is 46.4 Å². The molecule has 0 bridgehead atoms. The van der Waals surface area contributed by atoms with Crippen molar-refractivity contribution in [1.82, 2.24) is 34.8 Å². The Balaban J connectivity index is 1.48. The van der Waals surface area contributed by atoms with E-state index in [1.807, 2.05) is 31.3 Å². The van der Waals surface area contributed by atoms with E-state index in [0.717, 1.165) is 47.2 Å². The number of H-pyrrole nitrogens is 1. The molecule has 184 valence electrons. The fourth-order valence-electron chi connectivity index (χ4n) is 5.24. The van der Waals surface area contributed by atoms with Crippen molar-refractivity contribution in [3.63, 3.8) is 0 Å². The second-order valence-corrected chi connectivity index (χ2v) is 10.0. The van der Waals surface area contributed by atoms with Gasteiger partial charge < -0.3 is 19.9 Å². The zero-order valence-corrected chi connectivity index (χ0v) is 21.0. The lowest BCUT2D eigenvalue weighted by Gasteiger charge is -2.16. The van der Waals surface area contributed by atoms with Crippen LogP contribution < -0.4 is 10.1 Å². The van der Waals surface area contributed by atoms with Crippen molar-refractivity contribution < 1.29 is 9.53 Å². The number of nitrogens with one attached hydrogen (secondary N) is 2. The monoisotopic (exact) mass is 475 g/mol. The van der Waals surface area contributed by atoms with Gasteiger partial charge in [-0.25, -0.2) is 9.50 Å². The molecule has 2 N–H and O–H groups in total. The molecule has 2 unspecified atom stereocenters. The van der Waals surface area contributed by atoms with E-state index in [-0.39, 0.29) is 17.9 Å². The standard InChI is InChI=1S/C26H33N7O2/c1-15(2)23-24(17-11-21(35-5)26-27-14-28-33(26)12-17)31-20-9-8-19(30-25(20)23)16-6-7-18(10-16)29-22(34)13-32(3)4/h8-9,11-12,14-16,18,31H,6-7,10,13H2,1-5H3,(H,29,34). The number of ether oxygens (including phenoxy) is 1. The van der Waals surface area contributed by atoms with Crippen LogP contribution in [-0.4, -0.2) is 69.2 Å². The predicted octanol–water partition coefficient (Wildman–Crippen LogP) is 3.72. The van der Waals surface area contributed by atoms with Crippen molar-refractivity contribution in [2.45, 2.75) is 51.0 Å². The molecule has 35 heavy (non-hydrogen) atoms. The van der Waals surface area contributed by atoms with Crippen LogP contribution in [0.15, 0.2) is 30.7 Å². The first-order valence-corrected chi connectivity index (χ1v) is 12.2. The summed E-state index contributed by atoms with van der Waals surface area (Å²) >= 11 is 0. The summed E-state index contributed by atoms with van der Waals surface area (Å²) in [6.07, 6.45) is 6.44. The number of hydrogen-bond donors (Lipinski definition) is 2. The molecule has 1 saturated carbocycles. The minimum Gasteiger partial charge on any atom is -0.493 e. The Hall–Kier alpha value is -3.46. The van der Waals surface area contributed by atoms with Crippen LogP contribution in [0.25, 0.3) is 27.9 Å². The normalized spacial score (nSPS) is 18.3. The van der Waals surface area contributed by atoms with Gasteiger partial charge >= 0.3 is 0 Å². The number of aromatic nitrogens is 5. The molecule has 4 aromatic rings. The van der Waals surface area contributed by atoms with Crippen molar-refractivity contribution in [2.75, 3.05) is 27.7 Å². The van der Waals surface area contributed by atoms with E-state index >= 15 is 0 Å². The molecule has 0 saturated heterocycles. The highest BCUT2D eigenvalue weighted by Crippen LogP contribution is 2.39. The number of carbonyl (C=O) groups excluding carboxylic acids is 1. The minimum atomic E-state index is 0.0845. The first-order valence-electron chi connectivity index (χ1n) is 12.2. The van der Waals surface area contributed by atoms with Crippen LogP contribution in [0.1, 0.15) is 56.2 Å². The average Bonchev–Trinajstić information content (AvgIpc) is 3.54. The lowest BCUT2D eigenvalue weighted by Crippen LogP contribution is -2.38. The van der Waals surface area contributed by atoms with Crippen molar-refractivity contribution in [3.05, 3.63) is 42.0 Å². The highest BCUT2D eigenvalue weighted by molar-refractivity contribution is 5.89. The maximum atomic E-state index is 12.2. The largest absolute Gasteiger partial charge is 0.493 e. The summed E-state index contributed by atoms with van der Waals surface area (Å²) in [5.41, 5.74) is 6.98. The van der Waals surface area contributed by atoms with E-state index in [1.165, 1.54) is 11.9 Å². The summed E-state index contributed by atoms with van der Waals surface area (Å²) in [4.78, 5) is 27.2.